The van der Waals surface area contributed by atoms with E-state index in [2.05, 4.69) is 10.2 Å². The van der Waals surface area contributed by atoms with E-state index in [0.717, 1.165) is 13.0 Å². The summed E-state index contributed by atoms with van der Waals surface area (Å²) in [5.41, 5.74) is 0. The Hall–Kier alpha value is -0.610. The zero-order chi connectivity index (χ0) is 12.3. The van der Waals surface area contributed by atoms with Crippen LogP contribution in [0.5, 0.6) is 0 Å². The second-order valence-corrected chi connectivity index (χ2v) is 5.20. The minimum Gasteiger partial charge on any atom is -0.383 e. The van der Waals surface area contributed by atoms with Crippen molar-refractivity contribution >= 4 is 5.91 Å². The smallest absolute Gasteiger partial charge is 0.240 e. The normalized spacial score (nSPS) is 33.6. The molecular formula is C13H24N2O2. The van der Waals surface area contributed by atoms with Crippen LogP contribution in [0.25, 0.3) is 0 Å². The molecule has 1 saturated carbocycles. The maximum absolute atomic E-state index is 12.4. The zero-order valence-corrected chi connectivity index (χ0v) is 10.9. The quantitative estimate of drug-likeness (QED) is 0.797. The molecule has 1 heterocycles. The highest BCUT2D eigenvalue weighted by Gasteiger charge is 2.39. The summed E-state index contributed by atoms with van der Waals surface area (Å²) >= 11 is 0. The Balaban J connectivity index is 2.11. The van der Waals surface area contributed by atoms with Gasteiger partial charge < -0.3 is 15.0 Å². The minimum atomic E-state index is 0.0115. The van der Waals surface area contributed by atoms with Gasteiger partial charge in [0.25, 0.3) is 0 Å². The van der Waals surface area contributed by atoms with E-state index in [1.54, 1.807) is 7.11 Å². The lowest BCUT2D eigenvalue weighted by Crippen LogP contribution is -2.49. The Kier molecular flexibility index (Phi) is 4.40. The number of carbonyl (C=O) groups is 1. The largest absolute Gasteiger partial charge is 0.383 e. The van der Waals surface area contributed by atoms with Crippen LogP contribution in [0.1, 0.15) is 32.1 Å². The van der Waals surface area contributed by atoms with Crippen LogP contribution in [0.3, 0.4) is 0 Å². The molecule has 0 spiro atoms. The Morgan fingerprint density at radius 2 is 2.18 bits per heavy atom. The van der Waals surface area contributed by atoms with Gasteiger partial charge in [0.15, 0.2) is 0 Å². The summed E-state index contributed by atoms with van der Waals surface area (Å²) in [6, 6.07) is 0.480. The second kappa shape index (κ2) is 5.83. The predicted molar refractivity (Wildman–Crippen MR) is 66.8 cm³/mol. The monoisotopic (exact) mass is 240 g/mol. The molecule has 2 aliphatic rings. The van der Waals surface area contributed by atoms with Gasteiger partial charge in [-0.1, -0.05) is 6.42 Å². The van der Waals surface area contributed by atoms with Crippen molar-refractivity contribution in [2.24, 2.45) is 5.92 Å². The SMILES string of the molecule is CNC1CCC2CCCC2N(CCOC)C1=O. The van der Waals surface area contributed by atoms with Gasteiger partial charge in [-0.05, 0) is 38.6 Å². The summed E-state index contributed by atoms with van der Waals surface area (Å²) in [5, 5.41) is 3.16. The minimum absolute atomic E-state index is 0.0115. The number of nitrogens with one attached hydrogen (secondary N) is 1. The van der Waals surface area contributed by atoms with Crippen molar-refractivity contribution in [3.63, 3.8) is 0 Å². The fourth-order valence-electron chi connectivity index (χ4n) is 3.37. The summed E-state index contributed by atoms with van der Waals surface area (Å²) in [5.74, 6) is 0.994. The molecule has 1 aliphatic heterocycles. The van der Waals surface area contributed by atoms with E-state index in [-0.39, 0.29) is 11.9 Å². The van der Waals surface area contributed by atoms with Crippen LogP contribution in [-0.2, 0) is 9.53 Å². The molecule has 1 aliphatic carbocycles. The first-order valence-corrected chi connectivity index (χ1v) is 6.74. The third kappa shape index (κ3) is 2.63. The number of carbonyl (C=O) groups excluding carboxylic acids is 1. The van der Waals surface area contributed by atoms with Crippen molar-refractivity contribution in [2.45, 2.75) is 44.2 Å². The Bertz CT molecular complexity index is 270. The van der Waals surface area contributed by atoms with Crippen molar-refractivity contribution < 1.29 is 9.53 Å². The van der Waals surface area contributed by atoms with E-state index in [1.807, 2.05) is 7.05 Å². The van der Waals surface area contributed by atoms with E-state index in [9.17, 15) is 4.79 Å². The number of likely N-dealkylation sites (N-methyl/N-ethyl adjacent to an activating group) is 1. The number of ether oxygens (including phenoxy) is 1. The van der Waals surface area contributed by atoms with Crippen molar-refractivity contribution in [3.05, 3.63) is 0 Å². The molecular weight excluding hydrogens is 216 g/mol. The Labute approximate surface area is 104 Å². The zero-order valence-electron chi connectivity index (χ0n) is 10.9. The molecule has 17 heavy (non-hydrogen) atoms. The second-order valence-electron chi connectivity index (χ2n) is 5.20. The lowest BCUT2D eigenvalue weighted by atomic mass is 9.97. The molecule has 98 valence electrons. The van der Waals surface area contributed by atoms with Gasteiger partial charge in [0, 0.05) is 19.7 Å². The number of fused-ring (bicyclic) bond motifs is 1. The number of amides is 1. The molecule has 0 aromatic rings. The molecule has 2 rings (SSSR count). The van der Waals surface area contributed by atoms with Crippen LogP contribution < -0.4 is 5.32 Å². The summed E-state index contributed by atoms with van der Waals surface area (Å²) < 4.78 is 5.14. The van der Waals surface area contributed by atoms with Gasteiger partial charge in [0.05, 0.1) is 12.6 Å². The van der Waals surface area contributed by atoms with Crippen molar-refractivity contribution in [1.29, 1.82) is 0 Å². The van der Waals surface area contributed by atoms with Crippen LogP contribution >= 0.6 is 0 Å². The van der Waals surface area contributed by atoms with Crippen LogP contribution in [0.15, 0.2) is 0 Å². The summed E-state index contributed by atoms with van der Waals surface area (Å²) in [4.78, 5) is 14.5. The molecule has 3 unspecified atom stereocenters. The molecule has 0 aromatic heterocycles. The van der Waals surface area contributed by atoms with Crippen LogP contribution in [0.4, 0.5) is 0 Å². The van der Waals surface area contributed by atoms with Gasteiger partial charge in [-0.25, -0.2) is 0 Å². The molecule has 1 saturated heterocycles. The molecule has 4 nitrogen and oxygen atoms in total. The number of hydrogen-bond acceptors (Lipinski definition) is 3. The average Bonchev–Trinajstić information content (AvgIpc) is 2.74. The van der Waals surface area contributed by atoms with Crippen molar-refractivity contribution in [2.75, 3.05) is 27.3 Å². The van der Waals surface area contributed by atoms with Crippen molar-refractivity contribution in [3.8, 4) is 0 Å². The fourth-order valence-corrected chi connectivity index (χ4v) is 3.37. The van der Waals surface area contributed by atoms with Gasteiger partial charge >= 0.3 is 0 Å². The maximum Gasteiger partial charge on any atom is 0.240 e. The maximum atomic E-state index is 12.4. The standard InChI is InChI=1S/C13H24N2O2/c1-14-11-7-6-10-4-3-5-12(10)15(13(11)16)8-9-17-2/h10-12,14H,3-9H2,1-2H3. The molecule has 2 fully saturated rings. The lowest BCUT2D eigenvalue weighted by Gasteiger charge is -2.31. The molecule has 3 atom stereocenters. The predicted octanol–water partition coefficient (Wildman–Crippen LogP) is 1.01. The van der Waals surface area contributed by atoms with Gasteiger partial charge in [0.1, 0.15) is 0 Å². The van der Waals surface area contributed by atoms with Crippen LogP contribution in [-0.4, -0.2) is 50.2 Å². The number of rotatable bonds is 4. The topological polar surface area (TPSA) is 41.6 Å². The molecule has 1 N–H and O–H groups in total. The molecule has 4 heteroatoms. The van der Waals surface area contributed by atoms with Crippen LogP contribution in [0, 0.1) is 5.92 Å². The highest BCUT2D eigenvalue weighted by Crippen LogP contribution is 2.36. The number of hydrogen-bond donors (Lipinski definition) is 1. The summed E-state index contributed by atoms with van der Waals surface area (Å²) in [6.45, 7) is 1.39. The summed E-state index contributed by atoms with van der Waals surface area (Å²) in [6.07, 6.45) is 5.91. The van der Waals surface area contributed by atoms with Crippen LogP contribution in [0.2, 0.25) is 0 Å². The van der Waals surface area contributed by atoms with Gasteiger partial charge in [-0.3, -0.25) is 4.79 Å². The third-order valence-corrected chi connectivity index (χ3v) is 4.31. The first kappa shape index (κ1) is 12.8. The molecule has 1 amide bonds. The fraction of sp³-hybridized carbons (Fsp3) is 0.923. The number of methoxy groups -OCH3 is 1. The molecule has 0 radical (unpaired) electrons. The van der Waals surface area contributed by atoms with Crippen molar-refractivity contribution in [1.82, 2.24) is 10.2 Å². The highest BCUT2D eigenvalue weighted by molar-refractivity contribution is 5.82. The number of nitrogens with zero attached hydrogens (tertiary/aromatic N) is 1. The van der Waals surface area contributed by atoms with Gasteiger partial charge in [-0.15, -0.1) is 0 Å². The molecule has 0 bridgehead atoms. The highest BCUT2D eigenvalue weighted by atomic mass is 16.5. The van der Waals surface area contributed by atoms with E-state index in [4.69, 9.17) is 4.74 Å². The lowest BCUT2D eigenvalue weighted by molar-refractivity contribution is -0.136. The summed E-state index contributed by atoms with van der Waals surface area (Å²) in [7, 11) is 3.59. The average molecular weight is 240 g/mol. The van der Waals surface area contributed by atoms with E-state index < -0.39 is 0 Å². The van der Waals surface area contributed by atoms with E-state index >= 15 is 0 Å². The Morgan fingerprint density at radius 3 is 2.88 bits per heavy atom. The van der Waals surface area contributed by atoms with Gasteiger partial charge in [0.2, 0.25) is 5.91 Å². The third-order valence-electron chi connectivity index (χ3n) is 4.31. The van der Waals surface area contributed by atoms with Gasteiger partial charge in [-0.2, -0.15) is 0 Å². The first-order valence-electron chi connectivity index (χ1n) is 6.74. The first-order chi connectivity index (χ1) is 8.27. The van der Waals surface area contributed by atoms with E-state index in [0.29, 0.717) is 18.6 Å². The Morgan fingerprint density at radius 1 is 1.35 bits per heavy atom. The van der Waals surface area contributed by atoms with E-state index in [1.165, 1.54) is 25.7 Å². The molecule has 0 aromatic carbocycles. The number of likely N-dealkylation sites (tertiary alicyclic amines) is 1.